The third kappa shape index (κ3) is 5.90. The highest BCUT2D eigenvalue weighted by molar-refractivity contribution is 7.92. The largest absolute Gasteiger partial charge is 0.482 e. The van der Waals surface area contributed by atoms with Crippen LogP contribution in [0.15, 0.2) is 24.3 Å². The van der Waals surface area contributed by atoms with Crippen LogP contribution < -0.4 is 10.1 Å². The van der Waals surface area contributed by atoms with Crippen LogP contribution in [0.5, 0.6) is 5.75 Å². The van der Waals surface area contributed by atoms with E-state index in [0.29, 0.717) is 0 Å². The molecule has 0 fully saturated rings. The minimum absolute atomic E-state index is 0.00134. The lowest BCUT2D eigenvalue weighted by molar-refractivity contribution is -0.139. The number of carboxylic acids is 1. The zero-order valence-corrected chi connectivity index (χ0v) is 14.1. The molecule has 0 saturated carbocycles. The second-order valence-electron chi connectivity index (χ2n) is 5.90. The Balaban J connectivity index is 2.62. The average Bonchev–Trinajstić information content (AvgIpc) is 2.44. The third-order valence-electron chi connectivity index (χ3n) is 3.05. The maximum Gasteiger partial charge on any atom is 0.341 e. The monoisotopic (exact) mass is 343 g/mol. The van der Waals surface area contributed by atoms with Gasteiger partial charge < -0.3 is 15.2 Å². The number of aliphatic carboxylic acids is 1. The fraction of sp³-hybridized carbons (Fsp3) is 0.467. The van der Waals surface area contributed by atoms with Crippen molar-refractivity contribution in [3.63, 3.8) is 0 Å². The first kappa shape index (κ1) is 19.0. The van der Waals surface area contributed by atoms with Gasteiger partial charge in [-0.25, -0.2) is 13.2 Å². The molecule has 1 rings (SSSR count). The molecular weight excluding hydrogens is 322 g/mol. The zero-order valence-electron chi connectivity index (χ0n) is 13.3. The molecule has 7 nitrogen and oxygen atoms in total. The van der Waals surface area contributed by atoms with Crippen LogP contribution in [-0.4, -0.2) is 49.1 Å². The number of sulfone groups is 1. The summed E-state index contributed by atoms with van der Waals surface area (Å²) in [6.07, 6.45) is 0. The summed E-state index contributed by atoms with van der Waals surface area (Å²) in [5, 5.41) is 11.1. The van der Waals surface area contributed by atoms with Crippen molar-refractivity contribution in [2.75, 3.05) is 18.9 Å². The number of ether oxygens (including phenoxy) is 1. The number of hydrogen-bond acceptors (Lipinski definition) is 5. The van der Waals surface area contributed by atoms with E-state index in [1.165, 1.54) is 18.2 Å². The van der Waals surface area contributed by atoms with Gasteiger partial charge in [-0.2, -0.15) is 0 Å². The first-order valence-electron chi connectivity index (χ1n) is 6.98. The molecular formula is C15H21NO6S. The molecule has 2 N–H and O–H groups in total. The van der Waals surface area contributed by atoms with Crippen molar-refractivity contribution in [3.05, 3.63) is 29.8 Å². The number of carboxylic acid groups (broad SMARTS) is 1. The van der Waals surface area contributed by atoms with E-state index in [2.05, 4.69) is 5.32 Å². The number of amides is 1. The molecule has 0 radical (unpaired) electrons. The summed E-state index contributed by atoms with van der Waals surface area (Å²) < 4.78 is 28.0. The van der Waals surface area contributed by atoms with Crippen LogP contribution in [0, 0.1) is 0 Å². The quantitative estimate of drug-likeness (QED) is 0.767. The minimum atomic E-state index is -3.31. The van der Waals surface area contributed by atoms with E-state index in [1.54, 1.807) is 26.8 Å². The fourth-order valence-electron chi connectivity index (χ4n) is 1.58. The molecule has 0 heterocycles. The molecule has 0 aliphatic heterocycles. The van der Waals surface area contributed by atoms with Crippen LogP contribution >= 0.6 is 0 Å². The van der Waals surface area contributed by atoms with Crippen LogP contribution in [0.4, 0.5) is 0 Å². The van der Waals surface area contributed by atoms with Crippen molar-refractivity contribution < 1.29 is 27.9 Å². The van der Waals surface area contributed by atoms with Crippen molar-refractivity contribution in [2.45, 2.75) is 25.5 Å². The third-order valence-corrected chi connectivity index (χ3v) is 5.66. The summed E-state index contributed by atoms with van der Waals surface area (Å²) in [4.78, 5) is 22.4. The summed E-state index contributed by atoms with van der Waals surface area (Å²) in [7, 11) is -3.31. The van der Waals surface area contributed by atoms with Gasteiger partial charge in [-0.1, -0.05) is 6.07 Å². The van der Waals surface area contributed by atoms with Crippen LogP contribution in [0.25, 0.3) is 0 Å². The Kier molecular flexibility index (Phi) is 6.14. The molecule has 0 atom stereocenters. The van der Waals surface area contributed by atoms with E-state index < -0.39 is 33.1 Å². The number of hydrogen-bond donors (Lipinski definition) is 2. The minimum Gasteiger partial charge on any atom is -0.482 e. The predicted octanol–water partition coefficient (Wildman–Crippen LogP) is 1.09. The molecule has 0 bridgehead atoms. The Morgan fingerprint density at radius 3 is 2.48 bits per heavy atom. The van der Waals surface area contributed by atoms with Crippen LogP contribution in [0.1, 0.15) is 31.1 Å². The normalized spacial score (nSPS) is 11.8. The molecule has 0 spiro atoms. The van der Waals surface area contributed by atoms with Crippen molar-refractivity contribution in [1.29, 1.82) is 0 Å². The highest BCUT2D eigenvalue weighted by atomic mass is 32.2. The molecule has 0 saturated heterocycles. The van der Waals surface area contributed by atoms with Gasteiger partial charge in [0.25, 0.3) is 5.91 Å². The maximum atomic E-state index is 12.0. The Bertz CT molecular complexity index is 675. The molecule has 128 valence electrons. The van der Waals surface area contributed by atoms with Crippen molar-refractivity contribution in [2.24, 2.45) is 0 Å². The molecule has 0 aromatic heterocycles. The Morgan fingerprint density at radius 2 is 1.91 bits per heavy atom. The Hall–Kier alpha value is -2.09. The Labute approximate surface area is 135 Å². The van der Waals surface area contributed by atoms with E-state index in [9.17, 15) is 18.0 Å². The van der Waals surface area contributed by atoms with Gasteiger partial charge in [0.2, 0.25) is 0 Å². The summed E-state index contributed by atoms with van der Waals surface area (Å²) in [5.41, 5.74) is 0.265. The molecule has 8 heteroatoms. The van der Waals surface area contributed by atoms with Gasteiger partial charge in [-0.05, 0) is 39.0 Å². The van der Waals surface area contributed by atoms with Crippen LogP contribution in [-0.2, 0) is 14.6 Å². The fourth-order valence-corrected chi connectivity index (χ4v) is 2.56. The second-order valence-corrected chi connectivity index (χ2v) is 8.76. The SMILES string of the molecule is CC(C)(C)S(=O)(=O)CCNC(=O)c1cccc(OCC(=O)O)c1. The first-order valence-corrected chi connectivity index (χ1v) is 8.63. The molecule has 0 aliphatic rings. The van der Waals surface area contributed by atoms with Gasteiger partial charge in [-0.3, -0.25) is 4.79 Å². The van der Waals surface area contributed by atoms with Crippen molar-refractivity contribution in [3.8, 4) is 5.75 Å². The summed E-state index contributed by atoms with van der Waals surface area (Å²) in [6.45, 7) is 4.31. The van der Waals surface area contributed by atoms with Gasteiger partial charge in [0.1, 0.15) is 5.75 Å². The molecule has 0 unspecified atom stereocenters. The lowest BCUT2D eigenvalue weighted by Crippen LogP contribution is -2.36. The van der Waals surface area contributed by atoms with E-state index >= 15 is 0 Å². The van der Waals surface area contributed by atoms with Crippen molar-refractivity contribution in [1.82, 2.24) is 5.32 Å². The summed E-state index contributed by atoms with van der Waals surface area (Å²) in [5.74, 6) is -1.47. The standard InChI is InChI=1S/C15H21NO6S/c1-15(2,3)23(20,21)8-7-16-14(19)11-5-4-6-12(9-11)22-10-13(17)18/h4-6,9H,7-8,10H2,1-3H3,(H,16,19)(H,17,18). The van der Waals surface area contributed by atoms with E-state index in [0.717, 1.165) is 0 Å². The molecule has 1 aromatic carbocycles. The molecule has 1 amide bonds. The van der Waals surface area contributed by atoms with Crippen LogP contribution in [0.3, 0.4) is 0 Å². The topological polar surface area (TPSA) is 110 Å². The van der Waals surface area contributed by atoms with Gasteiger partial charge in [0.05, 0.1) is 10.5 Å². The summed E-state index contributed by atoms with van der Waals surface area (Å²) >= 11 is 0. The maximum absolute atomic E-state index is 12.0. The average molecular weight is 343 g/mol. The zero-order chi connectivity index (χ0) is 17.7. The molecule has 0 aliphatic carbocycles. The Morgan fingerprint density at radius 1 is 1.26 bits per heavy atom. The number of nitrogens with one attached hydrogen (secondary N) is 1. The molecule has 23 heavy (non-hydrogen) atoms. The van der Waals surface area contributed by atoms with Crippen LogP contribution in [0.2, 0.25) is 0 Å². The van der Waals surface area contributed by atoms with Gasteiger partial charge in [0, 0.05) is 12.1 Å². The first-order chi connectivity index (χ1) is 10.5. The van der Waals surface area contributed by atoms with Crippen molar-refractivity contribution >= 4 is 21.7 Å². The number of carbonyl (C=O) groups excluding carboxylic acids is 1. The highest BCUT2D eigenvalue weighted by Gasteiger charge is 2.28. The van der Waals surface area contributed by atoms with Gasteiger partial charge in [-0.15, -0.1) is 0 Å². The van der Waals surface area contributed by atoms with Gasteiger partial charge >= 0.3 is 5.97 Å². The number of carbonyl (C=O) groups is 2. The van der Waals surface area contributed by atoms with E-state index in [1.807, 2.05) is 0 Å². The smallest absolute Gasteiger partial charge is 0.341 e. The predicted molar refractivity (Wildman–Crippen MR) is 85.4 cm³/mol. The van der Waals surface area contributed by atoms with Gasteiger partial charge in [0.15, 0.2) is 16.4 Å². The highest BCUT2D eigenvalue weighted by Crippen LogP contribution is 2.16. The lowest BCUT2D eigenvalue weighted by atomic mass is 10.2. The van der Waals surface area contributed by atoms with E-state index in [4.69, 9.17) is 9.84 Å². The lowest BCUT2D eigenvalue weighted by Gasteiger charge is -2.19. The van der Waals surface area contributed by atoms with E-state index in [-0.39, 0.29) is 23.6 Å². The summed E-state index contributed by atoms with van der Waals surface area (Å²) in [6, 6.07) is 6.01. The second kappa shape index (κ2) is 7.45. The molecule has 1 aromatic rings. The number of benzene rings is 1. The number of rotatable bonds is 7.